The molecule has 1 unspecified atom stereocenters. The summed E-state index contributed by atoms with van der Waals surface area (Å²) in [4.78, 5) is 0. The van der Waals surface area contributed by atoms with Gasteiger partial charge >= 0.3 is 0 Å². The van der Waals surface area contributed by atoms with Crippen LogP contribution in [-0.2, 0) is 9.47 Å². The summed E-state index contributed by atoms with van der Waals surface area (Å²) in [6, 6.07) is 0. The summed E-state index contributed by atoms with van der Waals surface area (Å²) in [7, 11) is 0. The molecule has 0 aromatic rings. The summed E-state index contributed by atoms with van der Waals surface area (Å²) in [5.41, 5.74) is 0.0748. The number of nitrogens with one attached hydrogen (secondary N) is 1. The van der Waals surface area contributed by atoms with Crippen molar-refractivity contribution in [3.8, 4) is 0 Å². The van der Waals surface area contributed by atoms with Crippen LogP contribution < -0.4 is 5.32 Å². The maximum absolute atomic E-state index is 6.44. The van der Waals surface area contributed by atoms with Crippen molar-refractivity contribution in [3.63, 3.8) is 0 Å². The minimum atomic E-state index is 0.0748. The number of ether oxygens (including phenoxy) is 2. The molecule has 1 atom stereocenters. The van der Waals surface area contributed by atoms with Gasteiger partial charge < -0.3 is 14.8 Å². The van der Waals surface area contributed by atoms with Gasteiger partial charge in [-0.3, -0.25) is 0 Å². The third-order valence-corrected chi connectivity index (χ3v) is 5.19. The van der Waals surface area contributed by atoms with Crippen molar-refractivity contribution in [2.24, 2.45) is 5.92 Å². The zero-order valence-electron chi connectivity index (χ0n) is 14.2. The van der Waals surface area contributed by atoms with E-state index in [0.29, 0.717) is 6.10 Å². The van der Waals surface area contributed by atoms with Gasteiger partial charge in [-0.05, 0) is 57.4 Å². The van der Waals surface area contributed by atoms with Crippen LogP contribution in [0.25, 0.3) is 0 Å². The summed E-state index contributed by atoms with van der Waals surface area (Å²) in [6.45, 7) is 8.37. The molecule has 1 N–H and O–H groups in total. The van der Waals surface area contributed by atoms with Gasteiger partial charge in [0, 0.05) is 13.2 Å². The molecule has 1 aliphatic carbocycles. The van der Waals surface area contributed by atoms with Crippen molar-refractivity contribution in [2.75, 3.05) is 26.3 Å². The van der Waals surface area contributed by atoms with E-state index in [0.717, 1.165) is 32.2 Å². The van der Waals surface area contributed by atoms with Crippen LogP contribution in [0.2, 0.25) is 0 Å². The predicted octanol–water partition coefficient (Wildman–Crippen LogP) is 3.91. The fraction of sp³-hybridized carbons (Fsp3) is 1.00. The molecular weight excluding hydrogens is 262 g/mol. The quantitative estimate of drug-likeness (QED) is 0.655. The highest BCUT2D eigenvalue weighted by Gasteiger charge is 2.36. The molecule has 1 saturated carbocycles. The third-order valence-electron chi connectivity index (χ3n) is 5.19. The normalized spacial score (nSPS) is 33.4. The zero-order valence-corrected chi connectivity index (χ0v) is 14.2. The van der Waals surface area contributed by atoms with Crippen molar-refractivity contribution >= 4 is 0 Å². The Labute approximate surface area is 131 Å². The van der Waals surface area contributed by atoms with Crippen LogP contribution in [0.1, 0.15) is 71.6 Å². The SMILES string of the molecule is CCCNCC1(OCC2CCCO2)CCC(CCC)CC1. The maximum Gasteiger partial charge on any atom is 0.0809 e. The van der Waals surface area contributed by atoms with Gasteiger partial charge in [-0.15, -0.1) is 0 Å². The lowest BCUT2D eigenvalue weighted by Crippen LogP contribution is -2.47. The molecule has 3 nitrogen and oxygen atoms in total. The van der Waals surface area contributed by atoms with Gasteiger partial charge in [-0.2, -0.15) is 0 Å². The Bertz CT molecular complexity index is 268. The van der Waals surface area contributed by atoms with E-state index in [1.165, 1.54) is 57.8 Å². The second-order valence-electron chi connectivity index (χ2n) is 7.04. The van der Waals surface area contributed by atoms with Gasteiger partial charge in [-0.1, -0.05) is 26.7 Å². The lowest BCUT2D eigenvalue weighted by atomic mass is 9.77. The van der Waals surface area contributed by atoms with Crippen molar-refractivity contribution < 1.29 is 9.47 Å². The molecule has 1 saturated heterocycles. The topological polar surface area (TPSA) is 30.5 Å². The van der Waals surface area contributed by atoms with Gasteiger partial charge in [0.1, 0.15) is 0 Å². The predicted molar refractivity (Wildman–Crippen MR) is 87.7 cm³/mol. The van der Waals surface area contributed by atoms with Crippen molar-refractivity contribution in [3.05, 3.63) is 0 Å². The summed E-state index contributed by atoms with van der Waals surface area (Å²) < 4.78 is 12.2. The van der Waals surface area contributed by atoms with Gasteiger partial charge in [0.2, 0.25) is 0 Å². The molecule has 0 bridgehead atoms. The second-order valence-corrected chi connectivity index (χ2v) is 7.04. The molecule has 0 aromatic carbocycles. The summed E-state index contributed by atoms with van der Waals surface area (Å²) in [6.07, 6.45) is 11.8. The lowest BCUT2D eigenvalue weighted by Gasteiger charge is -2.41. The van der Waals surface area contributed by atoms with Crippen molar-refractivity contribution in [1.29, 1.82) is 0 Å². The van der Waals surface area contributed by atoms with E-state index in [1.807, 2.05) is 0 Å². The Balaban J connectivity index is 1.81. The van der Waals surface area contributed by atoms with E-state index in [-0.39, 0.29) is 5.60 Å². The average Bonchev–Trinajstić information content (AvgIpc) is 3.02. The van der Waals surface area contributed by atoms with Crippen molar-refractivity contribution in [2.45, 2.75) is 83.3 Å². The molecule has 2 aliphatic rings. The minimum Gasteiger partial charge on any atom is -0.376 e. The fourth-order valence-electron chi connectivity index (χ4n) is 3.81. The molecular formula is C18H35NO2. The Morgan fingerprint density at radius 1 is 1.14 bits per heavy atom. The zero-order chi connectivity index (χ0) is 15.0. The van der Waals surface area contributed by atoms with E-state index in [2.05, 4.69) is 19.2 Å². The van der Waals surface area contributed by atoms with E-state index in [4.69, 9.17) is 9.47 Å². The highest BCUT2D eigenvalue weighted by atomic mass is 16.5. The molecule has 1 heterocycles. The van der Waals surface area contributed by atoms with E-state index in [1.54, 1.807) is 0 Å². The van der Waals surface area contributed by atoms with Crippen molar-refractivity contribution in [1.82, 2.24) is 5.32 Å². The van der Waals surface area contributed by atoms with Gasteiger partial charge in [0.25, 0.3) is 0 Å². The van der Waals surface area contributed by atoms with E-state index < -0.39 is 0 Å². The third kappa shape index (κ3) is 5.54. The van der Waals surface area contributed by atoms with Crippen LogP contribution in [0, 0.1) is 5.92 Å². The van der Waals surface area contributed by atoms with Crippen LogP contribution in [0.5, 0.6) is 0 Å². The molecule has 1 aliphatic heterocycles. The Kier molecular flexibility index (Phi) is 7.48. The maximum atomic E-state index is 6.44. The van der Waals surface area contributed by atoms with Crippen LogP contribution in [-0.4, -0.2) is 38.0 Å². The number of hydrogen-bond donors (Lipinski definition) is 1. The largest absolute Gasteiger partial charge is 0.376 e. The monoisotopic (exact) mass is 297 g/mol. The van der Waals surface area contributed by atoms with Crippen LogP contribution >= 0.6 is 0 Å². The first-order valence-electron chi connectivity index (χ1n) is 9.24. The average molecular weight is 297 g/mol. The lowest BCUT2D eigenvalue weighted by molar-refractivity contribution is -0.106. The molecule has 2 rings (SSSR count). The molecule has 0 amide bonds. The standard InChI is InChI=1S/C18H35NO2/c1-3-6-16-8-10-18(11-9-16,15-19-12-4-2)21-14-17-7-5-13-20-17/h16-17,19H,3-15H2,1-2H3. The smallest absolute Gasteiger partial charge is 0.0809 e. The molecule has 0 aromatic heterocycles. The van der Waals surface area contributed by atoms with Gasteiger partial charge in [0.15, 0.2) is 0 Å². The molecule has 0 spiro atoms. The molecule has 21 heavy (non-hydrogen) atoms. The molecule has 124 valence electrons. The summed E-state index contributed by atoms with van der Waals surface area (Å²) in [5.74, 6) is 0.931. The number of rotatable bonds is 9. The number of hydrogen-bond acceptors (Lipinski definition) is 3. The first kappa shape index (κ1) is 17.2. The van der Waals surface area contributed by atoms with E-state index in [9.17, 15) is 0 Å². The Morgan fingerprint density at radius 3 is 2.57 bits per heavy atom. The van der Waals surface area contributed by atoms with Gasteiger partial charge in [-0.25, -0.2) is 0 Å². The first-order valence-corrected chi connectivity index (χ1v) is 9.24. The van der Waals surface area contributed by atoms with Crippen LogP contribution in [0.15, 0.2) is 0 Å². The molecule has 2 fully saturated rings. The Hall–Kier alpha value is -0.120. The van der Waals surface area contributed by atoms with Gasteiger partial charge in [0.05, 0.1) is 18.3 Å². The highest BCUT2D eigenvalue weighted by Crippen LogP contribution is 2.37. The molecule has 0 radical (unpaired) electrons. The van der Waals surface area contributed by atoms with E-state index >= 15 is 0 Å². The Morgan fingerprint density at radius 2 is 1.95 bits per heavy atom. The molecule has 3 heteroatoms. The summed E-state index contributed by atoms with van der Waals surface area (Å²) in [5, 5.41) is 3.60. The van der Waals surface area contributed by atoms with Crippen LogP contribution in [0.3, 0.4) is 0 Å². The minimum absolute atomic E-state index is 0.0748. The fourth-order valence-corrected chi connectivity index (χ4v) is 3.81. The second kappa shape index (κ2) is 9.12. The summed E-state index contributed by atoms with van der Waals surface area (Å²) >= 11 is 0. The first-order chi connectivity index (χ1) is 10.3. The highest BCUT2D eigenvalue weighted by molar-refractivity contribution is 4.90. The van der Waals surface area contributed by atoms with Crippen LogP contribution in [0.4, 0.5) is 0 Å².